The number of phenolic OH excluding ortho intramolecular Hbond substituents is 2. The van der Waals surface area contributed by atoms with E-state index in [1.54, 1.807) is 0 Å². The van der Waals surface area contributed by atoms with Gasteiger partial charge in [-0.25, -0.2) is 0 Å². The second-order valence-electron chi connectivity index (χ2n) is 8.70. The first kappa shape index (κ1) is 21.3. The average molecular weight is 391 g/mol. The number of ether oxygens (including phenoxy) is 2. The first-order valence-electron chi connectivity index (χ1n) is 8.98. The van der Waals surface area contributed by atoms with Crippen LogP contribution in [-0.4, -0.2) is 21.4 Å². The van der Waals surface area contributed by atoms with Gasteiger partial charge in [-0.3, -0.25) is 0 Å². The monoisotopic (exact) mass is 390 g/mol. The summed E-state index contributed by atoms with van der Waals surface area (Å²) >= 11 is 1.53. The summed E-state index contributed by atoms with van der Waals surface area (Å²) in [6.07, 6.45) is 0. The largest absolute Gasteiger partial charge is 0.504 e. The lowest BCUT2D eigenvalue weighted by Crippen LogP contribution is -2.23. The minimum Gasteiger partial charge on any atom is -0.504 e. The summed E-state index contributed by atoms with van der Waals surface area (Å²) in [7, 11) is 0. The molecule has 5 heteroatoms. The van der Waals surface area contributed by atoms with E-state index in [2.05, 4.69) is 0 Å². The van der Waals surface area contributed by atoms with Crippen LogP contribution in [0.1, 0.15) is 52.7 Å². The van der Waals surface area contributed by atoms with E-state index in [1.165, 1.54) is 11.8 Å². The van der Waals surface area contributed by atoms with Gasteiger partial charge in [0.1, 0.15) is 11.2 Å². The third kappa shape index (κ3) is 5.99. The van der Waals surface area contributed by atoms with Gasteiger partial charge in [-0.2, -0.15) is 0 Å². The summed E-state index contributed by atoms with van der Waals surface area (Å²) in [5, 5.41) is 20.6. The smallest absolute Gasteiger partial charge is 0.163 e. The Morgan fingerprint density at radius 2 is 1.00 bits per heavy atom. The third-order valence-electron chi connectivity index (χ3n) is 3.55. The van der Waals surface area contributed by atoms with Gasteiger partial charge in [-0.1, -0.05) is 11.8 Å². The molecule has 0 fully saturated rings. The van der Waals surface area contributed by atoms with Crippen molar-refractivity contribution in [2.75, 3.05) is 0 Å². The highest BCUT2D eigenvalue weighted by Crippen LogP contribution is 2.42. The quantitative estimate of drug-likeness (QED) is 0.649. The fourth-order valence-corrected chi connectivity index (χ4v) is 3.58. The lowest BCUT2D eigenvalue weighted by Gasteiger charge is -2.23. The molecule has 0 heterocycles. The molecule has 0 saturated heterocycles. The standard InChI is InChI=1S/C22H30O4S/c1-13-9-15(11-17(19(13)23)25-21(3,4)5)27-16-10-14(2)20(24)18(12-16)26-22(6,7)8/h9-12,23-24H,1-8H3. The molecule has 2 aromatic carbocycles. The van der Waals surface area contributed by atoms with Gasteiger partial charge >= 0.3 is 0 Å². The van der Waals surface area contributed by atoms with E-state index >= 15 is 0 Å². The van der Waals surface area contributed by atoms with E-state index in [4.69, 9.17) is 9.47 Å². The summed E-state index contributed by atoms with van der Waals surface area (Å²) in [5.41, 5.74) is 0.688. The number of phenols is 2. The van der Waals surface area contributed by atoms with Crippen LogP contribution in [0.5, 0.6) is 23.0 Å². The zero-order chi connectivity index (χ0) is 20.6. The Balaban J connectivity index is 2.39. The van der Waals surface area contributed by atoms with Crippen LogP contribution in [0.15, 0.2) is 34.1 Å². The van der Waals surface area contributed by atoms with Gasteiger partial charge in [-0.05, 0) is 90.8 Å². The van der Waals surface area contributed by atoms with Crippen LogP contribution in [-0.2, 0) is 0 Å². The molecular weight excluding hydrogens is 360 g/mol. The van der Waals surface area contributed by atoms with Gasteiger partial charge in [0.15, 0.2) is 23.0 Å². The van der Waals surface area contributed by atoms with Crippen molar-refractivity contribution in [2.45, 2.75) is 76.4 Å². The van der Waals surface area contributed by atoms with Gasteiger partial charge in [-0.15, -0.1) is 0 Å². The van der Waals surface area contributed by atoms with E-state index in [-0.39, 0.29) is 11.5 Å². The molecule has 2 aromatic rings. The van der Waals surface area contributed by atoms with Crippen LogP contribution < -0.4 is 9.47 Å². The summed E-state index contributed by atoms with van der Waals surface area (Å²) in [5.74, 6) is 1.25. The summed E-state index contributed by atoms with van der Waals surface area (Å²) < 4.78 is 11.8. The fraction of sp³-hybridized carbons (Fsp3) is 0.455. The second kappa shape index (κ2) is 7.55. The van der Waals surface area contributed by atoms with E-state index < -0.39 is 11.2 Å². The van der Waals surface area contributed by atoms with E-state index in [0.717, 1.165) is 20.9 Å². The number of rotatable bonds is 4. The molecule has 0 spiro atoms. The summed E-state index contributed by atoms with van der Waals surface area (Å²) in [4.78, 5) is 1.88. The van der Waals surface area contributed by atoms with Crippen LogP contribution >= 0.6 is 11.8 Å². The van der Waals surface area contributed by atoms with Gasteiger partial charge in [0.25, 0.3) is 0 Å². The first-order valence-corrected chi connectivity index (χ1v) is 9.80. The molecule has 0 atom stereocenters. The third-order valence-corrected chi connectivity index (χ3v) is 4.49. The number of aromatic hydroxyl groups is 2. The van der Waals surface area contributed by atoms with Crippen molar-refractivity contribution >= 4 is 11.8 Å². The number of aryl methyl sites for hydroxylation is 2. The first-order chi connectivity index (χ1) is 12.2. The fourth-order valence-electron chi connectivity index (χ4n) is 2.50. The second-order valence-corrected chi connectivity index (χ2v) is 9.85. The van der Waals surface area contributed by atoms with Crippen molar-refractivity contribution in [3.05, 3.63) is 35.4 Å². The zero-order valence-electron chi connectivity index (χ0n) is 17.4. The molecule has 2 rings (SSSR count). The van der Waals surface area contributed by atoms with Gasteiger partial charge in [0.05, 0.1) is 0 Å². The minimum absolute atomic E-state index is 0.160. The molecular formula is C22H30O4S. The highest BCUT2D eigenvalue weighted by Gasteiger charge is 2.19. The molecule has 0 aliphatic rings. The Labute approximate surface area is 166 Å². The lowest BCUT2D eigenvalue weighted by molar-refractivity contribution is 0.125. The number of hydrogen-bond donors (Lipinski definition) is 2. The van der Waals surface area contributed by atoms with Crippen molar-refractivity contribution in [3.63, 3.8) is 0 Å². The Morgan fingerprint density at radius 3 is 1.30 bits per heavy atom. The molecule has 148 valence electrons. The predicted molar refractivity (Wildman–Crippen MR) is 111 cm³/mol. The maximum Gasteiger partial charge on any atom is 0.163 e. The molecule has 27 heavy (non-hydrogen) atoms. The molecule has 0 bridgehead atoms. The van der Waals surface area contributed by atoms with E-state index in [9.17, 15) is 10.2 Å². The molecule has 0 aliphatic heterocycles. The SMILES string of the molecule is Cc1cc(Sc2cc(C)c(O)c(OC(C)(C)C)c2)cc(OC(C)(C)C)c1O. The van der Waals surface area contributed by atoms with Crippen molar-refractivity contribution in [2.24, 2.45) is 0 Å². The van der Waals surface area contributed by atoms with Crippen LogP contribution in [0.2, 0.25) is 0 Å². The highest BCUT2D eigenvalue weighted by molar-refractivity contribution is 7.99. The van der Waals surface area contributed by atoms with Gasteiger partial charge in [0.2, 0.25) is 0 Å². The van der Waals surface area contributed by atoms with Crippen molar-refractivity contribution in [3.8, 4) is 23.0 Å². The number of hydrogen-bond acceptors (Lipinski definition) is 5. The summed E-state index contributed by atoms with van der Waals surface area (Å²) in [6, 6.07) is 7.51. The van der Waals surface area contributed by atoms with Crippen LogP contribution in [0.3, 0.4) is 0 Å². The zero-order valence-corrected chi connectivity index (χ0v) is 18.2. The van der Waals surface area contributed by atoms with Crippen molar-refractivity contribution in [1.29, 1.82) is 0 Å². The Hall–Kier alpha value is -2.01. The molecule has 0 aliphatic carbocycles. The Bertz CT molecular complexity index is 760. The van der Waals surface area contributed by atoms with Crippen LogP contribution in [0.25, 0.3) is 0 Å². The van der Waals surface area contributed by atoms with Crippen LogP contribution in [0.4, 0.5) is 0 Å². The molecule has 0 unspecified atom stereocenters. The Morgan fingerprint density at radius 1 is 0.667 bits per heavy atom. The molecule has 0 aromatic heterocycles. The van der Waals surface area contributed by atoms with E-state index in [1.807, 2.05) is 79.7 Å². The highest BCUT2D eigenvalue weighted by atomic mass is 32.2. The molecule has 0 saturated carbocycles. The van der Waals surface area contributed by atoms with E-state index in [0.29, 0.717) is 11.5 Å². The summed E-state index contributed by atoms with van der Waals surface area (Å²) in [6.45, 7) is 15.4. The maximum absolute atomic E-state index is 10.3. The van der Waals surface area contributed by atoms with Crippen molar-refractivity contribution in [1.82, 2.24) is 0 Å². The Kier molecular flexibility index (Phi) is 5.95. The van der Waals surface area contributed by atoms with Crippen molar-refractivity contribution < 1.29 is 19.7 Å². The van der Waals surface area contributed by atoms with Crippen LogP contribution in [0, 0.1) is 13.8 Å². The average Bonchev–Trinajstić information content (AvgIpc) is 2.46. The van der Waals surface area contributed by atoms with Gasteiger partial charge < -0.3 is 19.7 Å². The minimum atomic E-state index is -0.407. The lowest BCUT2D eigenvalue weighted by atomic mass is 10.1. The number of benzene rings is 2. The maximum atomic E-state index is 10.3. The molecule has 2 N–H and O–H groups in total. The molecule has 4 nitrogen and oxygen atoms in total. The van der Waals surface area contributed by atoms with Gasteiger partial charge in [0, 0.05) is 9.79 Å². The normalized spacial score (nSPS) is 12.1. The topological polar surface area (TPSA) is 58.9 Å². The molecule has 0 radical (unpaired) electrons. The molecule has 0 amide bonds. The predicted octanol–water partition coefficient (Wildman–Crippen LogP) is 6.22.